The molecular formula is C19H25N5O3. The summed E-state index contributed by atoms with van der Waals surface area (Å²) in [6.07, 6.45) is 3.63. The van der Waals surface area contributed by atoms with E-state index < -0.39 is 0 Å². The SMILES string of the molecule is CCOCCn1c(=O)[nH]c2cc(C(=O)N(C)Cc3nccn3CC)ccc21. The number of fused-ring (bicyclic) bond motifs is 1. The standard InChI is InChI=1S/C19H25N5O3/c1-4-23-9-8-20-17(23)13-22(3)18(25)14-6-7-16-15(12-14)21-19(26)24(16)10-11-27-5-2/h6-9,12H,4-5,10-11,13H2,1-3H3,(H,21,26). The van der Waals surface area contributed by atoms with Gasteiger partial charge in [-0.05, 0) is 32.0 Å². The molecule has 3 rings (SSSR count). The zero-order valence-electron chi connectivity index (χ0n) is 15.9. The summed E-state index contributed by atoms with van der Waals surface area (Å²) in [5.41, 5.74) is 1.73. The average molecular weight is 371 g/mol. The minimum absolute atomic E-state index is 0.120. The molecule has 0 spiro atoms. The highest BCUT2D eigenvalue weighted by Gasteiger charge is 2.16. The van der Waals surface area contributed by atoms with Crippen LogP contribution in [-0.4, -0.2) is 50.2 Å². The summed E-state index contributed by atoms with van der Waals surface area (Å²) in [7, 11) is 1.75. The van der Waals surface area contributed by atoms with Crippen molar-refractivity contribution in [3.63, 3.8) is 0 Å². The van der Waals surface area contributed by atoms with Crippen LogP contribution in [-0.2, 0) is 24.4 Å². The zero-order valence-corrected chi connectivity index (χ0v) is 15.9. The van der Waals surface area contributed by atoms with Crippen molar-refractivity contribution in [3.8, 4) is 0 Å². The van der Waals surface area contributed by atoms with Crippen LogP contribution < -0.4 is 5.69 Å². The third-order valence-electron chi connectivity index (χ3n) is 4.55. The van der Waals surface area contributed by atoms with Gasteiger partial charge in [-0.1, -0.05) is 0 Å². The summed E-state index contributed by atoms with van der Waals surface area (Å²) >= 11 is 0. The van der Waals surface area contributed by atoms with E-state index in [0.29, 0.717) is 37.4 Å². The highest BCUT2D eigenvalue weighted by Crippen LogP contribution is 2.15. The van der Waals surface area contributed by atoms with Crippen molar-refractivity contribution in [2.24, 2.45) is 0 Å². The van der Waals surface area contributed by atoms with Crippen molar-refractivity contribution in [2.75, 3.05) is 20.3 Å². The van der Waals surface area contributed by atoms with Crippen LogP contribution in [0.3, 0.4) is 0 Å². The number of aromatic amines is 1. The molecule has 144 valence electrons. The molecule has 0 atom stereocenters. The van der Waals surface area contributed by atoms with E-state index in [9.17, 15) is 9.59 Å². The Balaban J connectivity index is 1.80. The topological polar surface area (TPSA) is 85.2 Å². The average Bonchev–Trinajstić information content (AvgIpc) is 3.24. The molecule has 0 fully saturated rings. The summed E-state index contributed by atoms with van der Waals surface area (Å²) in [5, 5.41) is 0. The molecule has 0 radical (unpaired) electrons. The number of aromatic nitrogens is 4. The van der Waals surface area contributed by atoms with Crippen molar-refractivity contribution in [2.45, 2.75) is 33.5 Å². The minimum Gasteiger partial charge on any atom is -0.380 e. The van der Waals surface area contributed by atoms with Gasteiger partial charge in [0.1, 0.15) is 5.82 Å². The first kappa shape index (κ1) is 18.9. The van der Waals surface area contributed by atoms with Crippen LogP contribution in [0.5, 0.6) is 0 Å². The number of benzene rings is 1. The Labute approximate surface area is 157 Å². The smallest absolute Gasteiger partial charge is 0.326 e. The van der Waals surface area contributed by atoms with Crippen molar-refractivity contribution in [1.29, 1.82) is 0 Å². The fourth-order valence-electron chi connectivity index (χ4n) is 3.10. The number of H-pyrrole nitrogens is 1. The fraction of sp³-hybridized carbons (Fsp3) is 0.421. The minimum atomic E-state index is -0.201. The van der Waals surface area contributed by atoms with Crippen LogP contribution in [0.2, 0.25) is 0 Å². The molecule has 0 bridgehead atoms. The highest BCUT2D eigenvalue weighted by atomic mass is 16.5. The van der Waals surface area contributed by atoms with E-state index in [2.05, 4.69) is 9.97 Å². The van der Waals surface area contributed by atoms with E-state index in [0.717, 1.165) is 17.9 Å². The predicted molar refractivity (Wildman–Crippen MR) is 103 cm³/mol. The number of aryl methyl sites for hydroxylation is 1. The van der Waals surface area contributed by atoms with Gasteiger partial charge in [-0.25, -0.2) is 9.78 Å². The Morgan fingerprint density at radius 2 is 2.15 bits per heavy atom. The summed E-state index contributed by atoms with van der Waals surface area (Å²) in [4.78, 5) is 33.7. The van der Waals surface area contributed by atoms with Crippen LogP contribution in [0.1, 0.15) is 30.0 Å². The third kappa shape index (κ3) is 3.95. The van der Waals surface area contributed by atoms with E-state index >= 15 is 0 Å². The largest absolute Gasteiger partial charge is 0.380 e. The number of carbonyl (C=O) groups excluding carboxylic acids is 1. The van der Waals surface area contributed by atoms with E-state index in [-0.39, 0.29) is 11.6 Å². The molecule has 2 heterocycles. The molecule has 8 nitrogen and oxygen atoms in total. The van der Waals surface area contributed by atoms with Gasteiger partial charge >= 0.3 is 5.69 Å². The van der Waals surface area contributed by atoms with Crippen LogP contribution in [0.25, 0.3) is 11.0 Å². The van der Waals surface area contributed by atoms with Gasteiger partial charge in [-0.15, -0.1) is 0 Å². The van der Waals surface area contributed by atoms with Crippen LogP contribution >= 0.6 is 0 Å². The molecule has 27 heavy (non-hydrogen) atoms. The van der Waals surface area contributed by atoms with Crippen LogP contribution in [0, 0.1) is 0 Å². The number of carbonyl (C=O) groups is 1. The van der Waals surface area contributed by atoms with Crippen molar-refractivity contribution in [3.05, 3.63) is 52.5 Å². The van der Waals surface area contributed by atoms with Gasteiger partial charge in [0.2, 0.25) is 0 Å². The maximum Gasteiger partial charge on any atom is 0.326 e. The summed E-state index contributed by atoms with van der Waals surface area (Å²) in [6.45, 7) is 6.73. The Bertz CT molecular complexity index is 985. The first-order valence-electron chi connectivity index (χ1n) is 9.11. The van der Waals surface area contributed by atoms with Gasteiger partial charge in [0.25, 0.3) is 5.91 Å². The zero-order chi connectivity index (χ0) is 19.4. The molecule has 3 aromatic rings. The lowest BCUT2D eigenvalue weighted by Gasteiger charge is -2.17. The van der Waals surface area contributed by atoms with Crippen LogP contribution in [0.4, 0.5) is 0 Å². The van der Waals surface area contributed by atoms with E-state index in [1.54, 1.807) is 40.9 Å². The monoisotopic (exact) mass is 371 g/mol. The van der Waals surface area contributed by atoms with E-state index in [4.69, 9.17) is 4.74 Å². The Kier molecular flexibility index (Phi) is 5.75. The number of rotatable bonds is 8. The first-order chi connectivity index (χ1) is 13.0. The molecule has 1 amide bonds. The Morgan fingerprint density at radius 3 is 2.89 bits per heavy atom. The second-order valence-corrected chi connectivity index (χ2v) is 6.30. The fourth-order valence-corrected chi connectivity index (χ4v) is 3.10. The normalized spacial score (nSPS) is 11.2. The second kappa shape index (κ2) is 8.22. The molecular weight excluding hydrogens is 346 g/mol. The third-order valence-corrected chi connectivity index (χ3v) is 4.55. The van der Waals surface area contributed by atoms with Gasteiger partial charge in [0, 0.05) is 38.2 Å². The van der Waals surface area contributed by atoms with Crippen molar-refractivity contribution < 1.29 is 9.53 Å². The molecule has 0 aliphatic heterocycles. The maximum atomic E-state index is 12.8. The Hall–Kier alpha value is -2.87. The first-order valence-corrected chi connectivity index (χ1v) is 9.11. The molecule has 1 aromatic carbocycles. The predicted octanol–water partition coefficient (Wildman–Crippen LogP) is 1.85. The maximum absolute atomic E-state index is 12.8. The lowest BCUT2D eigenvalue weighted by Crippen LogP contribution is -2.27. The molecule has 0 aliphatic rings. The summed E-state index contributed by atoms with van der Waals surface area (Å²) in [5.74, 6) is 0.718. The molecule has 1 N–H and O–H groups in total. The number of ether oxygens (including phenoxy) is 1. The lowest BCUT2D eigenvalue weighted by atomic mass is 10.1. The van der Waals surface area contributed by atoms with Gasteiger partial charge < -0.3 is 19.2 Å². The lowest BCUT2D eigenvalue weighted by molar-refractivity contribution is 0.0780. The van der Waals surface area contributed by atoms with Crippen LogP contribution in [0.15, 0.2) is 35.4 Å². The van der Waals surface area contributed by atoms with Crippen molar-refractivity contribution >= 4 is 16.9 Å². The number of hydrogen-bond acceptors (Lipinski definition) is 4. The molecule has 0 unspecified atom stereocenters. The number of hydrogen-bond donors (Lipinski definition) is 1. The van der Waals surface area contributed by atoms with E-state index in [1.165, 1.54) is 0 Å². The molecule has 0 saturated heterocycles. The molecule has 0 saturated carbocycles. The molecule has 8 heteroatoms. The number of amides is 1. The van der Waals surface area contributed by atoms with Crippen molar-refractivity contribution in [1.82, 2.24) is 24.0 Å². The van der Waals surface area contributed by atoms with E-state index in [1.807, 2.05) is 24.6 Å². The second-order valence-electron chi connectivity index (χ2n) is 6.30. The van der Waals surface area contributed by atoms with Gasteiger partial charge in [0.15, 0.2) is 0 Å². The number of imidazole rings is 2. The van der Waals surface area contributed by atoms with Gasteiger partial charge in [0.05, 0.1) is 30.7 Å². The molecule has 2 aromatic heterocycles. The Morgan fingerprint density at radius 1 is 1.33 bits per heavy atom. The molecule has 0 aliphatic carbocycles. The summed E-state index contributed by atoms with van der Waals surface area (Å²) in [6, 6.07) is 5.27. The summed E-state index contributed by atoms with van der Waals surface area (Å²) < 4.78 is 8.96. The number of nitrogens with one attached hydrogen (secondary N) is 1. The number of nitrogens with zero attached hydrogens (tertiary/aromatic N) is 4. The van der Waals surface area contributed by atoms with Gasteiger partial charge in [-0.2, -0.15) is 0 Å². The van der Waals surface area contributed by atoms with Gasteiger partial charge in [-0.3, -0.25) is 9.36 Å². The quantitative estimate of drug-likeness (QED) is 0.613. The highest BCUT2D eigenvalue weighted by molar-refractivity contribution is 5.97.